The summed E-state index contributed by atoms with van der Waals surface area (Å²) in [7, 11) is -3.31. The zero-order chi connectivity index (χ0) is 22.9. The molecule has 1 heterocycles. The summed E-state index contributed by atoms with van der Waals surface area (Å²) in [5, 5.41) is 2.87. The minimum absolute atomic E-state index is 0.0735. The van der Waals surface area contributed by atoms with E-state index in [4.69, 9.17) is 0 Å². The zero-order valence-electron chi connectivity index (χ0n) is 18.0. The van der Waals surface area contributed by atoms with Crippen LogP contribution in [0.3, 0.4) is 0 Å². The molecule has 31 heavy (non-hydrogen) atoms. The number of carbonyl (C=O) groups is 3. The van der Waals surface area contributed by atoms with Gasteiger partial charge in [0.1, 0.15) is 6.04 Å². The molecule has 2 aromatic carbocycles. The summed E-state index contributed by atoms with van der Waals surface area (Å²) >= 11 is 0. The van der Waals surface area contributed by atoms with Gasteiger partial charge in [0.2, 0.25) is 5.91 Å². The molecule has 7 nitrogen and oxygen atoms in total. The first-order chi connectivity index (χ1) is 14.5. The first-order valence-electron chi connectivity index (χ1n) is 10.1. The maximum Gasteiger partial charge on any atom is 0.262 e. The van der Waals surface area contributed by atoms with E-state index in [1.54, 1.807) is 43.3 Å². The second kappa shape index (κ2) is 8.63. The van der Waals surface area contributed by atoms with Crippen LogP contribution in [-0.2, 0) is 14.6 Å². The summed E-state index contributed by atoms with van der Waals surface area (Å²) in [6, 6.07) is 11.4. The molecule has 3 rings (SSSR count). The van der Waals surface area contributed by atoms with Gasteiger partial charge in [-0.3, -0.25) is 19.3 Å². The van der Waals surface area contributed by atoms with E-state index in [0.717, 1.165) is 11.2 Å². The molecule has 0 aromatic heterocycles. The first kappa shape index (κ1) is 22.7. The number of rotatable bonds is 7. The predicted octanol–water partition coefficient (Wildman–Crippen LogP) is 2.98. The Morgan fingerprint density at radius 1 is 0.935 bits per heavy atom. The van der Waals surface area contributed by atoms with Gasteiger partial charge in [-0.05, 0) is 49.1 Å². The Balaban J connectivity index is 1.83. The lowest BCUT2D eigenvalue weighted by molar-refractivity contribution is -0.126. The summed E-state index contributed by atoms with van der Waals surface area (Å²) in [5.74, 6) is -1.29. The van der Waals surface area contributed by atoms with Crippen molar-refractivity contribution in [1.29, 1.82) is 0 Å². The normalized spacial score (nSPS) is 15.7. The number of amides is 3. The predicted molar refractivity (Wildman–Crippen MR) is 116 cm³/mol. The number of hydrogen-bond acceptors (Lipinski definition) is 5. The summed E-state index contributed by atoms with van der Waals surface area (Å²) in [4.78, 5) is 40.2. The Kier molecular flexibility index (Phi) is 6.31. The molecule has 0 aliphatic carbocycles. The smallest absolute Gasteiger partial charge is 0.262 e. The van der Waals surface area contributed by atoms with Crippen molar-refractivity contribution in [2.45, 2.75) is 44.2 Å². The van der Waals surface area contributed by atoms with Crippen LogP contribution in [0.1, 0.15) is 59.5 Å². The standard InChI is InChI=1S/C23H26N2O5S/c1-14(2)13-20(25-22(27)18-7-5-6-8-19(18)23(25)28)21(26)24-15(3)16-9-11-17(12-10-16)31(4,29)30/h5-12,14-15,20H,13H2,1-4H3,(H,24,26). The molecule has 3 amide bonds. The van der Waals surface area contributed by atoms with Crippen molar-refractivity contribution in [2.24, 2.45) is 5.92 Å². The van der Waals surface area contributed by atoms with Crippen molar-refractivity contribution < 1.29 is 22.8 Å². The van der Waals surface area contributed by atoms with E-state index in [0.29, 0.717) is 23.1 Å². The lowest BCUT2D eigenvalue weighted by Gasteiger charge is -2.28. The molecule has 2 aromatic rings. The van der Waals surface area contributed by atoms with Gasteiger partial charge in [0.25, 0.3) is 11.8 Å². The minimum Gasteiger partial charge on any atom is -0.348 e. The Morgan fingerprint density at radius 3 is 1.90 bits per heavy atom. The number of imide groups is 1. The van der Waals surface area contributed by atoms with Gasteiger partial charge >= 0.3 is 0 Å². The lowest BCUT2D eigenvalue weighted by atomic mass is 10.0. The number of hydrogen-bond donors (Lipinski definition) is 1. The van der Waals surface area contributed by atoms with E-state index in [9.17, 15) is 22.8 Å². The van der Waals surface area contributed by atoms with Crippen LogP contribution in [0, 0.1) is 5.92 Å². The van der Waals surface area contributed by atoms with Crippen LogP contribution in [-0.4, -0.2) is 43.3 Å². The largest absolute Gasteiger partial charge is 0.348 e. The van der Waals surface area contributed by atoms with Gasteiger partial charge in [-0.25, -0.2) is 8.42 Å². The summed E-state index contributed by atoms with van der Waals surface area (Å²) in [5.41, 5.74) is 1.32. The highest BCUT2D eigenvalue weighted by atomic mass is 32.2. The van der Waals surface area contributed by atoms with E-state index in [2.05, 4.69) is 5.32 Å². The maximum absolute atomic E-state index is 13.2. The Labute approximate surface area is 182 Å². The fraction of sp³-hybridized carbons (Fsp3) is 0.348. The number of carbonyl (C=O) groups excluding carboxylic acids is 3. The number of benzene rings is 2. The van der Waals surface area contributed by atoms with Gasteiger partial charge in [0.05, 0.1) is 22.1 Å². The van der Waals surface area contributed by atoms with Crippen molar-refractivity contribution >= 4 is 27.6 Å². The van der Waals surface area contributed by atoms with Crippen LogP contribution in [0.4, 0.5) is 0 Å². The van der Waals surface area contributed by atoms with Gasteiger partial charge in [-0.2, -0.15) is 0 Å². The van der Waals surface area contributed by atoms with Gasteiger partial charge in [0.15, 0.2) is 9.84 Å². The van der Waals surface area contributed by atoms with Crippen molar-refractivity contribution in [3.8, 4) is 0 Å². The Hall–Kier alpha value is -3.00. The van der Waals surface area contributed by atoms with Crippen LogP contribution < -0.4 is 5.32 Å². The van der Waals surface area contributed by atoms with Crippen molar-refractivity contribution in [2.75, 3.05) is 6.26 Å². The van der Waals surface area contributed by atoms with Crippen molar-refractivity contribution in [1.82, 2.24) is 10.2 Å². The van der Waals surface area contributed by atoms with Gasteiger partial charge in [-0.15, -0.1) is 0 Å². The fourth-order valence-corrected chi connectivity index (χ4v) is 4.29. The number of nitrogens with zero attached hydrogens (tertiary/aromatic N) is 1. The molecule has 2 atom stereocenters. The third-order valence-electron chi connectivity index (χ3n) is 5.30. The van der Waals surface area contributed by atoms with Crippen molar-refractivity contribution in [3.05, 3.63) is 65.2 Å². The topological polar surface area (TPSA) is 101 Å². The molecule has 1 aliphatic heterocycles. The highest BCUT2D eigenvalue weighted by Gasteiger charge is 2.42. The van der Waals surface area contributed by atoms with Crippen LogP contribution in [0.5, 0.6) is 0 Å². The molecule has 0 bridgehead atoms. The fourth-order valence-electron chi connectivity index (χ4n) is 3.66. The second-order valence-electron chi connectivity index (χ2n) is 8.24. The highest BCUT2D eigenvalue weighted by Crippen LogP contribution is 2.27. The lowest BCUT2D eigenvalue weighted by Crippen LogP contribution is -2.50. The minimum atomic E-state index is -3.31. The molecule has 0 radical (unpaired) electrons. The van der Waals surface area contributed by atoms with Crippen LogP contribution in [0.15, 0.2) is 53.4 Å². The molecular weight excluding hydrogens is 416 g/mol. The molecule has 8 heteroatoms. The second-order valence-corrected chi connectivity index (χ2v) is 10.3. The number of fused-ring (bicyclic) bond motifs is 1. The number of nitrogens with one attached hydrogen (secondary N) is 1. The average molecular weight is 443 g/mol. The number of sulfone groups is 1. The molecule has 1 aliphatic rings. The van der Waals surface area contributed by atoms with Gasteiger partial charge in [-0.1, -0.05) is 38.1 Å². The maximum atomic E-state index is 13.2. The van der Waals surface area contributed by atoms with Gasteiger partial charge in [0, 0.05) is 6.26 Å². The molecular formula is C23H26N2O5S. The van der Waals surface area contributed by atoms with E-state index in [-0.39, 0.29) is 10.8 Å². The molecule has 1 N–H and O–H groups in total. The molecule has 0 saturated carbocycles. The Bertz CT molecular complexity index is 1090. The zero-order valence-corrected chi connectivity index (χ0v) is 18.8. The Morgan fingerprint density at radius 2 is 1.45 bits per heavy atom. The molecule has 0 saturated heterocycles. The quantitative estimate of drug-likeness (QED) is 0.665. The third kappa shape index (κ3) is 4.69. The summed E-state index contributed by atoms with van der Waals surface area (Å²) in [6.07, 6.45) is 1.46. The average Bonchev–Trinajstić information content (AvgIpc) is 2.96. The van der Waals surface area contributed by atoms with Crippen LogP contribution in [0.2, 0.25) is 0 Å². The van der Waals surface area contributed by atoms with E-state index < -0.39 is 39.6 Å². The van der Waals surface area contributed by atoms with Gasteiger partial charge < -0.3 is 5.32 Å². The molecule has 0 fully saturated rings. The summed E-state index contributed by atoms with van der Waals surface area (Å²) < 4.78 is 23.3. The summed E-state index contributed by atoms with van der Waals surface area (Å²) in [6.45, 7) is 5.61. The molecule has 164 valence electrons. The third-order valence-corrected chi connectivity index (χ3v) is 6.43. The van der Waals surface area contributed by atoms with E-state index in [1.807, 2.05) is 13.8 Å². The molecule has 0 spiro atoms. The monoisotopic (exact) mass is 442 g/mol. The first-order valence-corrected chi connectivity index (χ1v) is 12.0. The van der Waals surface area contributed by atoms with Crippen molar-refractivity contribution in [3.63, 3.8) is 0 Å². The molecule has 2 unspecified atom stereocenters. The van der Waals surface area contributed by atoms with Crippen LogP contribution >= 0.6 is 0 Å². The van der Waals surface area contributed by atoms with E-state index in [1.165, 1.54) is 12.1 Å². The van der Waals surface area contributed by atoms with E-state index >= 15 is 0 Å². The highest BCUT2D eigenvalue weighted by molar-refractivity contribution is 7.90. The van der Waals surface area contributed by atoms with Crippen LogP contribution in [0.25, 0.3) is 0 Å². The SMILES string of the molecule is CC(C)CC(C(=O)NC(C)c1ccc(S(C)(=O)=O)cc1)N1C(=O)c2ccccc2C1=O.